The minimum Gasteiger partial charge on any atom is -0.223 e. The van der Waals surface area contributed by atoms with Crippen LogP contribution >= 0.6 is 0 Å². The Bertz CT molecular complexity index is 509. The minimum absolute atomic E-state index is 0.772. The molecule has 0 unspecified atom stereocenters. The zero-order valence-corrected chi connectivity index (χ0v) is 8.64. The van der Waals surface area contributed by atoms with E-state index in [1.165, 1.54) is 0 Å². The van der Waals surface area contributed by atoms with E-state index in [1.54, 1.807) is 0 Å². The van der Waals surface area contributed by atoms with Gasteiger partial charge in [0, 0.05) is 0 Å². The highest BCUT2D eigenvalue weighted by Crippen LogP contribution is 2.27. The van der Waals surface area contributed by atoms with Crippen molar-refractivity contribution in [3.05, 3.63) is 29.1 Å². The van der Waals surface area contributed by atoms with E-state index >= 15 is 0 Å². The Morgan fingerprint density at radius 3 is 1.44 bits per heavy atom. The van der Waals surface area contributed by atoms with E-state index in [1.807, 2.05) is 0 Å². The summed E-state index contributed by atoms with van der Waals surface area (Å²) in [6.07, 6.45) is 0. The molecule has 0 aliphatic rings. The highest BCUT2D eigenvalue weighted by Gasteiger charge is 2.32. The summed E-state index contributed by atoms with van der Waals surface area (Å²) in [5.41, 5.74) is 0. The number of hydrogen-bond donors (Lipinski definition) is 0. The Morgan fingerprint density at radius 2 is 1.12 bits per heavy atom. The standard InChI is InChI=1S/C8H5F5O2S/c1-2-16(14,15)8-6(12)4(10)3(9)5(11)7(8)13/h2H2,1H3. The van der Waals surface area contributed by atoms with Gasteiger partial charge >= 0.3 is 0 Å². The van der Waals surface area contributed by atoms with Gasteiger partial charge in [0.05, 0.1) is 5.75 Å². The number of hydrogen-bond acceptors (Lipinski definition) is 2. The summed E-state index contributed by atoms with van der Waals surface area (Å²) in [6.45, 7) is 1.02. The highest BCUT2D eigenvalue weighted by molar-refractivity contribution is 7.91. The molecule has 90 valence electrons. The molecule has 0 saturated heterocycles. The molecule has 2 nitrogen and oxygen atoms in total. The molecule has 0 atom stereocenters. The number of sulfone groups is 1. The maximum Gasteiger partial charge on any atom is 0.200 e. The zero-order chi connectivity index (χ0) is 12.7. The zero-order valence-electron chi connectivity index (χ0n) is 7.82. The Morgan fingerprint density at radius 1 is 0.812 bits per heavy atom. The highest BCUT2D eigenvalue weighted by atomic mass is 32.2. The summed E-state index contributed by atoms with van der Waals surface area (Å²) < 4.78 is 86.1. The Kier molecular flexibility index (Phi) is 3.22. The molecule has 0 N–H and O–H groups in total. The van der Waals surface area contributed by atoms with Gasteiger partial charge in [0.15, 0.2) is 33.1 Å². The number of benzene rings is 1. The molecule has 0 bridgehead atoms. The Labute approximate surface area is 87.6 Å². The lowest BCUT2D eigenvalue weighted by Crippen LogP contribution is -2.14. The second-order valence-corrected chi connectivity index (χ2v) is 5.02. The first-order valence-corrected chi connectivity index (χ1v) is 5.63. The number of halogens is 5. The van der Waals surface area contributed by atoms with Crippen LogP contribution in [0.1, 0.15) is 6.92 Å². The van der Waals surface area contributed by atoms with Crippen molar-refractivity contribution in [1.29, 1.82) is 0 Å². The van der Waals surface area contributed by atoms with Crippen molar-refractivity contribution in [2.45, 2.75) is 11.8 Å². The monoisotopic (exact) mass is 260 g/mol. The summed E-state index contributed by atoms with van der Waals surface area (Å²) in [4.78, 5) is -1.79. The molecule has 1 aromatic carbocycles. The lowest BCUT2D eigenvalue weighted by atomic mass is 10.3. The Balaban J connectivity index is 3.79. The van der Waals surface area contributed by atoms with Crippen LogP contribution in [-0.2, 0) is 9.84 Å². The molecule has 0 radical (unpaired) electrons. The molecule has 0 aliphatic carbocycles. The van der Waals surface area contributed by atoms with E-state index < -0.39 is 49.6 Å². The lowest BCUT2D eigenvalue weighted by Gasteiger charge is -2.07. The van der Waals surface area contributed by atoms with Gasteiger partial charge in [-0.05, 0) is 0 Å². The first-order valence-electron chi connectivity index (χ1n) is 3.98. The van der Waals surface area contributed by atoms with Gasteiger partial charge < -0.3 is 0 Å². The normalized spacial score (nSPS) is 11.9. The van der Waals surface area contributed by atoms with Gasteiger partial charge in [-0.3, -0.25) is 0 Å². The van der Waals surface area contributed by atoms with Crippen molar-refractivity contribution in [2.75, 3.05) is 5.75 Å². The molecular formula is C8H5F5O2S. The summed E-state index contributed by atoms with van der Waals surface area (Å²) >= 11 is 0. The molecule has 0 saturated carbocycles. The second kappa shape index (κ2) is 4.00. The topological polar surface area (TPSA) is 34.1 Å². The van der Waals surface area contributed by atoms with E-state index in [2.05, 4.69) is 0 Å². The fraction of sp³-hybridized carbons (Fsp3) is 0.250. The predicted molar refractivity (Wildman–Crippen MR) is 44.0 cm³/mol. The first-order chi connectivity index (χ1) is 7.24. The van der Waals surface area contributed by atoms with Crippen molar-refractivity contribution >= 4 is 9.84 Å². The van der Waals surface area contributed by atoms with Gasteiger partial charge in [0.1, 0.15) is 4.90 Å². The maximum atomic E-state index is 13.0. The molecule has 1 rings (SSSR count). The van der Waals surface area contributed by atoms with Crippen LogP contribution in [0.15, 0.2) is 4.90 Å². The second-order valence-electron chi connectivity index (χ2n) is 2.80. The lowest BCUT2D eigenvalue weighted by molar-refractivity contribution is 0.358. The minimum atomic E-state index is -4.52. The van der Waals surface area contributed by atoms with Gasteiger partial charge in [-0.1, -0.05) is 6.92 Å². The molecule has 16 heavy (non-hydrogen) atoms. The van der Waals surface area contributed by atoms with Crippen molar-refractivity contribution in [3.8, 4) is 0 Å². The van der Waals surface area contributed by atoms with Gasteiger partial charge in [0.2, 0.25) is 5.82 Å². The van der Waals surface area contributed by atoms with Crippen molar-refractivity contribution in [3.63, 3.8) is 0 Å². The summed E-state index contributed by atoms with van der Waals surface area (Å²) in [6, 6.07) is 0. The third-order valence-electron chi connectivity index (χ3n) is 1.86. The summed E-state index contributed by atoms with van der Waals surface area (Å²) in [5.74, 6) is -12.4. The van der Waals surface area contributed by atoms with Crippen LogP contribution < -0.4 is 0 Å². The van der Waals surface area contributed by atoms with Crippen LogP contribution in [0.3, 0.4) is 0 Å². The largest absolute Gasteiger partial charge is 0.223 e. The molecule has 0 heterocycles. The predicted octanol–water partition coefficient (Wildman–Crippen LogP) is 2.18. The van der Waals surface area contributed by atoms with Crippen LogP contribution in [-0.4, -0.2) is 14.2 Å². The van der Waals surface area contributed by atoms with Crippen LogP contribution in [0.4, 0.5) is 22.0 Å². The quantitative estimate of drug-likeness (QED) is 0.353. The van der Waals surface area contributed by atoms with Crippen LogP contribution in [0, 0.1) is 29.1 Å². The molecule has 0 fully saturated rings. The van der Waals surface area contributed by atoms with Crippen LogP contribution in [0.2, 0.25) is 0 Å². The fourth-order valence-electron chi connectivity index (χ4n) is 1.00. The van der Waals surface area contributed by atoms with E-state index in [-0.39, 0.29) is 0 Å². The van der Waals surface area contributed by atoms with Crippen molar-refractivity contribution in [1.82, 2.24) is 0 Å². The van der Waals surface area contributed by atoms with Crippen LogP contribution in [0.25, 0.3) is 0 Å². The van der Waals surface area contributed by atoms with Crippen molar-refractivity contribution in [2.24, 2.45) is 0 Å². The van der Waals surface area contributed by atoms with E-state index in [9.17, 15) is 30.4 Å². The molecule has 0 aromatic heterocycles. The van der Waals surface area contributed by atoms with Gasteiger partial charge in [-0.15, -0.1) is 0 Å². The third kappa shape index (κ3) is 1.77. The van der Waals surface area contributed by atoms with Crippen LogP contribution in [0.5, 0.6) is 0 Å². The van der Waals surface area contributed by atoms with Gasteiger partial charge in [-0.2, -0.15) is 0 Å². The van der Waals surface area contributed by atoms with E-state index in [4.69, 9.17) is 0 Å². The average molecular weight is 260 g/mol. The average Bonchev–Trinajstić information content (AvgIpc) is 2.23. The molecule has 0 amide bonds. The number of rotatable bonds is 2. The maximum absolute atomic E-state index is 13.0. The van der Waals surface area contributed by atoms with Crippen molar-refractivity contribution < 1.29 is 30.4 Å². The molecular weight excluding hydrogens is 255 g/mol. The molecule has 0 aliphatic heterocycles. The van der Waals surface area contributed by atoms with Gasteiger partial charge in [-0.25, -0.2) is 30.4 Å². The van der Waals surface area contributed by atoms with E-state index in [0.29, 0.717) is 0 Å². The van der Waals surface area contributed by atoms with Gasteiger partial charge in [0.25, 0.3) is 0 Å². The first kappa shape index (κ1) is 12.9. The summed E-state index contributed by atoms with van der Waals surface area (Å²) in [5, 5.41) is 0. The smallest absolute Gasteiger partial charge is 0.200 e. The molecule has 8 heteroatoms. The molecule has 0 spiro atoms. The SMILES string of the molecule is CCS(=O)(=O)c1c(F)c(F)c(F)c(F)c1F. The van der Waals surface area contributed by atoms with E-state index in [0.717, 1.165) is 6.92 Å². The summed E-state index contributed by atoms with van der Waals surface area (Å²) in [7, 11) is -4.52. The third-order valence-corrected chi connectivity index (χ3v) is 3.60. The Hall–Kier alpha value is -1.18. The fourth-order valence-corrected chi connectivity index (χ4v) is 2.02. The molecule has 1 aromatic rings.